The van der Waals surface area contributed by atoms with Crippen LogP contribution in [0.3, 0.4) is 0 Å². The second-order valence-electron chi connectivity index (χ2n) is 8.41. The first-order chi connectivity index (χ1) is 13.2. The van der Waals surface area contributed by atoms with E-state index in [2.05, 4.69) is 4.98 Å². The first-order valence-electron chi connectivity index (χ1n) is 9.75. The van der Waals surface area contributed by atoms with Crippen molar-refractivity contribution in [2.24, 2.45) is 0 Å². The van der Waals surface area contributed by atoms with Gasteiger partial charge in [0.2, 0.25) is 0 Å². The predicted molar refractivity (Wildman–Crippen MR) is 107 cm³/mol. The topological polar surface area (TPSA) is 62.7 Å². The Morgan fingerprint density at radius 3 is 2.36 bits per heavy atom. The Kier molecular flexibility index (Phi) is 5.74. The third kappa shape index (κ3) is 4.19. The molecule has 1 aliphatic heterocycles. The number of pyridine rings is 1. The number of amides is 2. The molecule has 0 aromatic carbocycles. The summed E-state index contributed by atoms with van der Waals surface area (Å²) < 4.78 is 6.76. The van der Waals surface area contributed by atoms with Crippen LogP contribution in [0.15, 0.2) is 29.5 Å². The molecular formula is C21H31N4O3+. The average molecular weight is 388 g/mol. The Labute approximate surface area is 167 Å². The molecule has 0 radical (unpaired) electrons. The molecule has 7 heteroatoms. The minimum atomic E-state index is 0.00168. The summed E-state index contributed by atoms with van der Waals surface area (Å²) in [6.07, 6.45) is 3.67. The van der Waals surface area contributed by atoms with E-state index in [9.17, 15) is 9.59 Å². The fraction of sp³-hybridized carbons (Fsp3) is 0.571. The third-order valence-corrected chi connectivity index (χ3v) is 5.75. The van der Waals surface area contributed by atoms with E-state index in [4.69, 9.17) is 4.74 Å². The van der Waals surface area contributed by atoms with Crippen molar-refractivity contribution >= 4 is 11.8 Å². The van der Waals surface area contributed by atoms with Gasteiger partial charge in [0, 0.05) is 40.0 Å². The molecule has 0 fully saturated rings. The minimum absolute atomic E-state index is 0.00168. The van der Waals surface area contributed by atoms with Crippen molar-refractivity contribution in [1.29, 1.82) is 0 Å². The van der Waals surface area contributed by atoms with E-state index in [-0.39, 0.29) is 17.9 Å². The second-order valence-corrected chi connectivity index (χ2v) is 8.41. The fourth-order valence-corrected chi connectivity index (χ4v) is 4.10. The maximum absolute atomic E-state index is 12.5. The minimum Gasteiger partial charge on any atom is -0.484 e. The van der Waals surface area contributed by atoms with Crippen molar-refractivity contribution in [1.82, 2.24) is 14.8 Å². The van der Waals surface area contributed by atoms with Gasteiger partial charge >= 0.3 is 0 Å². The zero-order chi connectivity index (χ0) is 20.5. The number of carbonyl (C=O) groups excluding carboxylic acids is 2. The van der Waals surface area contributed by atoms with Crippen molar-refractivity contribution in [3.05, 3.63) is 35.2 Å². The Balaban J connectivity index is 1.79. The van der Waals surface area contributed by atoms with Crippen LogP contribution in [0, 0.1) is 6.92 Å². The van der Waals surface area contributed by atoms with Gasteiger partial charge in [-0.3, -0.25) is 14.6 Å². The number of likely N-dealkylation sites (N-methyl/N-ethyl adjacent to an activating group) is 2. The maximum Gasteiger partial charge on any atom is 0.277 e. The number of carbonyl (C=O) groups is 2. The third-order valence-electron chi connectivity index (χ3n) is 5.75. The molecule has 0 bridgehead atoms. The Morgan fingerprint density at radius 1 is 1.14 bits per heavy atom. The number of rotatable bonds is 6. The highest BCUT2D eigenvalue weighted by molar-refractivity contribution is 5.79. The molecule has 2 amide bonds. The van der Waals surface area contributed by atoms with Gasteiger partial charge < -0.3 is 19.0 Å². The van der Waals surface area contributed by atoms with Crippen LogP contribution >= 0.6 is 0 Å². The number of aryl methyl sites for hydroxylation is 1. The highest BCUT2D eigenvalue weighted by Crippen LogP contribution is 2.39. The molecule has 1 unspecified atom stereocenters. The SMILES string of the molecule is Cc1ncccc1OC1CCC2=C1C[N+](CC(=O)N(C)C)(CC(=O)N(C)C)C2. The number of likely N-dealkylation sites (tertiary alicyclic amines) is 1. The van der Waals surface area contributed by atoms with Crippen molar-refractivity contribution in [2.45, 2.75) is 25.9 Å². The first-order valence-corrected chi connectivity index (χ1v) is 9.75. The number of nitrogens with zero attached hydrogens (tertiary/aromatic N) is 4. The molecule has 0 saturated carbocycles. The highest BCUT2D eigenvalue weighted by Gasteiger charge is 2.46. The van der Waals surface area contributed by atoms with E-state index in [0.29, 0.717) is 24.1 Å². The molecule has 0 N–H and O–H groups in total. The number of hydrogen-bond donors (Lipinski definition) is 0. The van der Waals surface area contributed by atoms with E-state index in [1.807, 2.05) is 19.1 Å². The van der Waals surface area contributed by atoms with Gasteiger partial charge in [-0.05, 0) is 37.5 Å². The summed E-state index contributed by atoms with van der Waals surface area (Å²) >= 11 is 0. The molecule has 1 aromatic rings. The molecule has 1 aromatic heterocycles. The fourth-order valence-electron chi connectivity index (χ4n) is 4.10. The number of aromatic nitrogens is 1. The smallest absolute Gasteiger partial charge is 0.277 e. The Morgan fingerprint density at radius 2 is 1.79 bits per heavy atom. The summed E-state index contributed by atoms with van der Waals surface area (Å²) in [4.78, 5) is 32.6. The van der Waals surface area contributed by atoms with E-state index in [1.165, 1.54) is 11.1 Å². The van der Waals surface area contributed by atoms with Crippen LogP contribution in [0.5, 0.6) is 5.75 Å². The highest BCUT2D eigenvalue weighted by atomic mass is 16.5. The van der Waals surface area contributed by atoms with Crippen LogP contribution in [-0.2, 0) is 9.59 Å². The average Bonchev–Trinajstić information content (AvgIpc) is 3.14. The van der Waals surface area contributed by atoms with Crippen LogP contribution in [0.1, 0.15) is 18.5 Å². The molecule has 2 heterocycles. The monoisotopic (exact) mass is 387 g/mol. The van der Waals surface area contributed by atoms with Gasteiger partial charge in [-0.1, -0.05) is 0 Å². The number of quaternary nitrogens is 1. The molecule has 28 heavy (non-hydrogen) atoms. The Hall–Kier alpha value is -2.41. The van der Waals surface area contributed by atoms with E-state index >= 15 is 0 Å². The molecule has 2 aliphatic rings. The standard InChI is InChI=1S/C21H31N4O3/c1-15-18(7-6-10-22-15)28-19-9-8-16-11-25(12-17(16)19,13-20(26)23(2)3)14-21(27)24(4)5/h6-7,10,19H,8-9,11-14H2,1-5H3/q+1. The van der Waals surface area contributed by atoms with Crippen LogP contribution in [0.2, 0.25) is 0 Å². The van der Waals surface area contributed by atoms with Gasteiger partial charge in [0.15, 0.2) is 13.1 Å². The first kappa shape index (κ1) is 20.3. The van der Waals surface area contributed by atoms with Gasteiger partial charge in [0.05, 0.1) is 5.69 Å². The predicted octanol–water partition coefficient (Wildman–Crippen LogP) is 1.23. The number of hydrogen-bond acceptors (Lipinski definition) is 4. The van der Waals surface area contributed by atoms with Crippen molar-refractivity contribution in [3.8, 4) is 5.75 Å². The summed E-state index contributed by atoms with van der Waals surface area (Å²) in [6.45, 7) is 4.05. The van der Waals surface area contributed by atoms with Crippen LogP contribution in [-0.4, -0.2) is 91.6 Å². The molecule has 1 aliphatic carbocycles. The van der Waals surface area contributed by atoms with Gasteiger partial charge in [-0.25, -0.2) is 0 Å². The lowest BCUT2D eigenvalue weighted by Crippen LogP contribution is -2.57. The van der Waals surface area contributed by atoms with Crippen LogP contribution in [0.4, 0.5) is 0 Å². The van der Waals surface area contributed by atoms with Gasteiger partial charge in [-0.2, -0.15) is 0 Å². The summed E-state index contributed by atoms with van der Waals surface area (Å²) in [5.74, 6) is 0.904. The van der Waals surface area contributed by atoms with Crippen LogP contribution < -0.4 is 4.74 Å². The summed E-state index contributed by atoms with van der Waals surface area (Å²) in [5.41, 5.74) is 3.49. The quantitative estimate of drug-likeness (QED) is 0.544. The van der Waals surface area contributed by atoms with Gasteiger partial charge in [0.1, 0.15) is 24.9 Å². The van der Waals surface area contributed by atoms with Gasteiger partial charge in [0.25, 0.3) is 11.8 Å². The maximum atomic E-state index is 12.5. The molecule has 1 atom stereocenters. The lowest BCUT2D eigenvalue weighted by Gasteiger charge is -2.36. The van der Waals surface area contributed by atoms with E-state index in [0.717, 1.165) is 30.8 Å². The summed E-state index contributed by atoms with van der Waals surface area (Å²) in [7, 11) is 7.06. The lowest BCUT2D eigenvalue weighted by molar-refractivity contribution is -0.900. The zero-order valence-electron chi connectivity index (χ0n) is 17.6. The molecular weight excluding hydrogens is 356 g/mol. The molecule has 0 saturated heterocycles. The van der Waals surface area contributed by atoms with Crippen molar-refractivity contribution < 1.29 is 18.8 Å². The zero-order valence-corrected chi connectivity index (χ0v) is 17.6. The van der Waals surface area contributed by atoms with Crippen molar-refractivity contribution in [3.63, 3.8) is 0 Å². The van der Waals surface area contributed by atoms with E-state index < -0.39 is 0 Å². The normalized spacial score (nSPS) is 20.1. The number of ether oxygens (including phenoxy) is 1. The Bertz CT molecular complexity index is 779. The molecule has 0 spiro atoms. The summed E-state index contributed by atoms with van der Waals surface area (Å²) in [6, 6.07) is 3.83. The van der Waals surface area contributed by atoms with Crippen molar-refractivity contribution in [2.75, 3.05) is 54.4 Å². The lowest BCUT2D eigenvalue weighted by atomic mass is 10.1. The molecule has 3 rings (SSSR count). The molecule has 152 valence electrons. The largest absolute Gasteiger partial charge is 0.484 e. The van der Waals surface area contributed by atoms with E-state index in [1.54, 1.807) is 44.2 Å². The van der Waals surface area contributed by atoms with Gasteiger partial charge in [-0.15, -0.1) is 0 Å². The molecule has 7 nitrogen and oxygen atoms in total. The van der Waals surface area contributed by atoms with Crippen LogP contribution in [0.25, 0.3) is 0 Å². The second kappa shape index (κ2) is 7.91. The summed E-state index contributed by atoms with van der Waals surface area (Å²) in [5, 5.41) is 0.